The zero-order valence-corrected chi connectivity index (χ0v) is 17.5. The van der Waals surface area contributed by atoms with E-state index in [2.05, 4.69) is 33.0 Å². The third-order valence-corrected chi connectivity index (χ3v) is 10.2. The van der Waals surface area contributed by atoms with Gasteiger partial charge in [0, 0.05) is 0 Å². The molecule has 4 heteroatoms. The topological polar surface area (TPSA) is 49.3 Å². The van der Waals surface area contributed by atoms with E-state index < -0.39 is 13.2 Å². The molecule has 142 valence electrons. The van der Waals surface area contributed by atoms with Crippen molar-refractivity contribution in [3.8, 4) is 0 Å². The summed E-state index contributed by atoms with van der Waals surface area (Å²) in [4.78, 5) is 9.54. The number of carboxylic acids is 1. The van der Waals surface area contributed by atoms with Crippen LogP contribution in [0.3, 0.4) is 0 Å². The third kappa shape index (κ3) is 16.5. The van der Waals surface area contributed by atoms with E-state index in [1.165, 1.54) is 51.4 Å². The molecule has 0 amide bonds. The van der Waals surface area contributed by atoms with Gasteiger partial charge in [0.05, 0.1) is 6.54 Å². The van der Waals surface area contributed by atoms with E-state index in [1.807, 2.05) is 0 Å². The first-order valence-corrected chi connectivity index (χ1v) is 12.7. The van der Waals surface area contributed by atoms with Gasteiger partial charge >= 0.3 is 117 Å². The fourth-order valence-corrected chi connectivity index (χ4v) is 9.02. The molecule has 23 heavy (non-hydrogen) atoms. The number of unbranched alkanes of at least 4 members (excludes halogenated alkanes) is 4. The van der Waals surface area contributed by atoms with Crippen molar-refractivity contribution in [1.82, 2.24) is 5.32 Å². The second-order valence-electron chi connectivity index (χ2n) is 6.84. The van der Waals surface area contributed by atoms with Crippen molar-refractivity contribution >= 4 is 13.2 Å². The first-order valence-electron chi connectivity index (χ1n) is 9.88. The van der Waals surface area contributed by atoms with Crippen molar-refractivity contribution in [1.29, 1.82) is 0 Å². The summed E-state index contributed by atoms with van der Waals surface area (Å²) >= 11 is 0. The minimum atomic E-state index is -0.879. The molecule has 0 bridgehead atoms. The van der Waals surface area contributed by atoms with E-state index in [0.29, 0.717) is 0 Å². The van der Waals surface area contributed by atoms with Gasteiger partial charge in [0.15, 0.2) is 0 Å². The molecule has 0 aromatic rings. The van der Waals surface area contributed by atoms with Gasteiger partial charge in [0.2, 0.25) is 0 Å². The van der Waals surface area contributed by atoms with Crippen LogP contribution in [0.5, 0.6) is 0 Å². The molecule has 0 aliphatic heterocycles. The first-order chi connectivity index (χ1) is 11.0. The summed E-state index contributed by atoms with van der Waals surface area (Å²) in [6.45, 7) is 9.48. The van der Waals surface area contributed by atoms with Gasteiger partial charge in [-0.1, -0.05) is 0 Å². The Morgan fingerprint density at radius 3 is 1.22 bits per heavy atom. The number of hydrogen-bond acceptors (Lipinski definition) is 2. The number of rotatable bonds is 14. The van der Waals surface area contributed by atoms with E-state index in [1.54, 1.807) is 31.7 Å². The Bertz CT molecular complexity index is 222. The van der Waals surface area contributed by atoms with E-state index in [4.69, 9.17) is 5.11 Å². The summed E-state index contributed by atoms with van der Waals surface area (Å²) in [5.74, 6) is -0.822. The van der Waals surface area contributed by atoms with Gasteiger partial charge in [0.1, 0.15) is 0 Å². The van der Waals surface area contributed by atoms with Crippen molar-refractivity contribution in [3.05, 3.63) is 0 Å². The fraction of sp³-hybridized carbons (Fsp3) is 0.947. The molecule has 0 spiro atoms. The van der Waals surface area contributed by atoms with Crippen molar-refractivity contribution < 1.29 is 9.90 Å². The van der Waals surface area contributed by atoms with E-state index in [-0.39, 0.29) is 6.54 Å². The molecule has 0 radical (unpaired) electrons. The summed E-state index contributed by atoms with van der Waals surface area (Å²) in [6, 6.07) is 0. The molecule has 2 N–H and O–H groups in total. The zero-order valence-electron chi connectivity index (χ0n) is 16.5. The molecule has 0 heterocycles. The van der Waals surface area contributed by atoms with Gasteiger partial charge in [-0.3, -0.25) is 4.79 Å². The van der Waals surface area contributed by atoms with Crippen molar-refractivity contribution in [3.63, 3.8) is 0 Å². The standard InChI is InChI=1S/C16H37P.C3H7NO2/c1-5-9-13-17(14-10-6-2,15-11-7-3)16-12-8-4;1-4-2-3(5)6/h17H,5-16H2,1-4H3;4H,2H2,1H3,(H,5,6). The Labute approximate surface area is 146 Å². The Hall–Kier alpha value is -0.140. The second kappa shape index (κ2) is 18.2. The summed E-state index contributed by atoms with van der Waals surface area (Å²) < 4.78 is 0. The molecule has 3 nitrogen and oxygen atoms in total. The number of hydrogen-bond donors (Lipinski definition) is 2. The Kier molecular flexibility index (Phi) is 19.9. The van der Waals surface area contributed by atoms with Crippen LogP contribution in [0.15, 0.2) is 0 Å². The maximum atomic E-state index is 9.54. The van der Waals surface area contributed by atoms with Crippen molar-refractivity contribution in [2.24, 2.45) is 0 Å². The molecule has 0 aromatic heterocycles. The van der Waals surface area contributed by atoms with E-state index in [0.717, 1.165) is 0 Å². The monoisotopic (exact) mass is 349 g/mol. The molecule has 0 unspecified atom stereocenters. The van der Waals surface area contributed by atoms with Crippen LogP contribution in [0.2, 0.25) is 0 Å². The number of aliphatic carboxylic acids is 1. The number of carbonyl (C=O) groups is 1. The Morgan fingerprint density at radius 2 is 1.09 bits per heavy atom. The Morgan fingerprint density at radius 1 is 0.783 bits per heavy atom. The molecule has 0 saturated heterocycles. The molecule has 0 aliphatic rings. The molecule has 0 rings (SSSR count). The molecular formula is C19H44NO2P. The number of nitrogens with one attached hydrogen (secondary N) is 1. The van der Waals surface area contributed by atoms with Gasteiger partial charge in [-0.05, 0) is 7.05 Å². The van der Waals surface area contributed by atoms with Gasteiger partial charge in [-0.15, -0.1) is 0 Å². The summed E-state index contributed by atoms with van der Waals surface area (Å²) in [5, 5.41) is 10.3. The second-order valence-corrected chi connectivity index (χ2v) is 11.8. The SMILES string of the molecule is CCCC[PH](CCCC)(CCCC)CCCC.CNCC(=O)O. The molecule has 0 aromatic carbocycles. The zero-order chi connectivity index (χ0) is 18.0. The third-order valence-electron chi connectivity index (χ3n) is 4.57. The van der Waals surface area contributed by atoms with Gasteiger partial charge < -0.3 is 10.4 Å². The van der Waals surface area contributed by atoms with Gasteiger partial charge in [-0.2, -0.15) is 0 Å². The summed E-state index contributed by atoms with van der Waals surface area (Å²) in [6.07, 6.45) is 18.1. The molecule has 0 saturated carbocycles. The smallest absolute Gasteiger partial charge is 0.317 e. The van der Waals surface area contributed by atoms with Gasteiger partial charge in [0.25, 0.3) is 0 Å². The fourth-order valence-electron chi connectivity index (χ4n) is 3.11. The molecule has 0 aliphatic carbocycles. The van der Waals surface area contributed by atoms with Crippen LogP contribution in [0, 0.1) is 0 Å². The number of carboxylic acid groups (broad SMARTS) is 1. The minimum absolute atomic E-state index is 0.0417. The molecule has 0 atom stereocenters. The average Bonchev–Trinajstić information content (AvgIpc) is 2.54. The van der Waals surface area contributed by atoms with Crippen LogP contribution in [-0.4, -0.2) is 49.3 Å². The first kappa shape index (κ1) is 25.1. The Balaban J connectivity index is 0. The van der Waals surface area contributed by atoms with Crippen LogP contribution in [-0.2, 0) is 4.79 Å². The van der Waals surface area contributed by atoms with Crippen molar-refractivity contribution in [2.45, 2.75) is 79.1 Å². The largest absolute Gasteiger partial charge is 0.480 e. The number of likely N-dealkylation sites (N-methyl/N-ethyl adjacent to an activating group) is 1. The van der Waals surface area contributed by atoms with Crippen LogP contribution in [0.4, 0.5) is 0 Å². The normalized spacial score (nSPS) is 11.7. The van der Waals surface area contributed by atoms with Crippen LogP contribution in [0.1, 0.15) is 79.1 Å². The molecule has 0 fully saturated rings. The van der Waals surface area contributed by atoms with Gasteiger partial charge in [-0.25, -0.2) is 0 Å². The predicted molar refractivity (Wildman–Crippen MR) is 109 cm³/mol. The van der Waals surface area contributed by atoms with Crippen LogP contribution >= 0.6 is 7.26 Å². The summed E-state index contributed by atoms with van der Waals surface area (Å²) in [5.41, 5.74) is 0. The maximum absolute atomic E-state index is 9.54. The minimum Gasteiger partial charge on any atom is -0.480 e. The van der Waals surface area contributed by atoms with Crippen LogP contribution in [0.25, 0.3) is 0 Å². The molecular weight excluding hydrogens is 305 g/mol. The predicted octanol–water partition coefficient (Wildman–Crippen LogP) is 5.23. The quantitative estimate of drug-likeness (QED) is 0.422. The maximum Gasteiger partial charge on any atom is 0.317 e. The average molecular weight is 350 g/mol. The van der Waals surface area contributed by atoms with Crippen molar-refractivity contribution in [2.75, 3.05) is 38.2 Å². The van der Waals surface area contributed by atoms with E-state index in [9.17, 15) is 4.79 Å². The summed E-state index contributed by atoms with van der Waals surface area (Å²) in [7, 11) is 0.712. The van der Waals surface area contributed by atoms with Crippen LogP contribution < -0.4 is 5.32 Å². The van der Waals surface area contributed by atoms with E-state index >= 15 is 0 Å².